The molecule has 1 aliphatic heterocycles. The van der Waals surface area contributed by atoms with E-state index < -0.39 is 17.5 Å². The quantitative estimate of drug-likeness (QED) is 0.275. The lowest BCUT2D eigenvalue weighted by atomic mass is 9.90. The van der Waals surface area contributed by atoms with Gasteiger partial charge in [0.2, 0.25) is 0 Å². The van der Waals surface area contributed by atoms with Crippen molar-refractivity contribution in [1.82, 2.24) is 24.8 Å². The summed E-state index contributed by atoms with van der Waals surface area (Å²) < 4.78 is 6.91. The van der Waals surface area contributed by atoms with Crippen molar-refractivity contribution in [1.29, 1.82) is 0 Å². The zero-order valence-electron chi connectivity index (χ0n) is 24.2. The molecular formula is C33H38N6O4. The zero-order valence-corrected chi connectivity index (χ0v) is 24.2. The normalized spacial score (nSPS) is 20.0. The summed E-state index contributed by atoms with van der Waals surface area (Å²) in [6.07, 6.45) is 7.91. The molecule has 2 aromatic heterocycles. The van der Waals surface area contributed by atoms with E-state index in [-0.39, 0.29) is 18.7 Å². The summed E-state index contributed by atoms with van der Waals surface area (Å²) in [7, 11) is 0. The number of aliphatic hydroxyl groups excluding tert-OH is 1. The van der Waals surface area contributed by atoms with Gasteiger partial charge in [-0.1, -0.05) is 36.4 Å². The molecular weight excluding hydrogens is 544 g/mol. The van der Waals surface area contributed by atoms with Crippen LogP contribution in [0.4, 0.5) is 5.82 Å². The molecule has 0 radical (unpaired) electrons. The van der Waals surface area contributed by atoms with E-state index in [4.69, 9.17) is 9.72 Å². The number of carbonyl (C=O) groups is 1. The van der Waals surface area contributed by atoms with Crippen LogP contribution < -0.4 is 16.2 Å². The molecule has 3 N–H and O–H groups in total. The largest absolute Gasteiger partial charge is 0.394 e. The van der Waals surface area contributed by atoms with Crippen molar-refractivity contribution in [3.8, 4) is 0 Å². The number of amides is 1. The predicted octanol–water partition coefficient (Wildman–Crippen LogP) is 3.36. The topological polar surface area (TPSA) is 122 Å². The average Bonchev–Trinajstić information content (AvgIpc) is 3.06. The minimum Gasteiger partial charge on any atom is -0.394 e. The molecule has 1 saturated carbocycles. The van der Waals surface area contributed by atoms with E-state index in [1.807, 2.05) is 48.5 Å². The van der Waals surface area contributed by atoms with E-state index >= 15 is 0 Å². The number of nitrogens with zero attached hydrogens (tertiary/aromatic N) is 4. The summed E-state index contributed by atoms with van der Waals surface area (Å²) >= 11 is 0. The second-order valence-electron chi connectivity index (χ2n) is 11.3. The fourth-order valence-corrected chi connectivity index (χ4v) is 6.21. The van der Waals surface area contributed by atoms with Crippen molar-refractivity contribution < 1.29 is 14.6 Å². The molecule has 224 valence electrons. The van der Waals surface area contributed by atoms with Gasteiger partial charge in [-0.3, -0.25) is 19.5 Å². The predicted molar refractivity (Wildman–Crippen MR) is 165 cm³/mol. The van der Waals surface area contributed by atoms with E-state index in [1.54, 1.807) is 18.5 Å². The first-order valence-corrected chi connectivity index (χ1v) is 15.1. The summed E-state index contributed by atoms with van der Waals surface area (Å²) in [5, 5.41) is 16.5. The highest BCUT2D eigenvalue weighted by Gasteiger charge is 2.27. The number of hydrogen-bond acceptors (Lipinski definition) is 8. The molecule has 10 nitrogen and oxygen atoms in total. The van der Waals surface area contributed by atoms with Gasteiger partial charge < -0.3 is 25.0 Å². The van der Waals surface area contributed by atoms with Crippen LogP contribution in [0.1, 0.15) is 53.2 Å². The van der Waals surface area contributed by atoms with Gasteiger partial charge in [-0.2, -0.15) is 0 Å². The third kappa shape index (κ3) is 6.77. The number of rotatable bonds is 9. The minimum atomic E-state index is -0.580. The molecule has 0 bridgehead atoms. The first-order chi connectivity index (χ1) is 21.1. The number of anilines is 1. The number of aromatic nitrogens is 3. The van der Waals surface area contributed by atoms with Crippen LogP contribution in [0.2, 0.25) is 0 Å². The number of ether oxygens (including phenoxy) is 1. The Balaban J connectivity index is 1.09. The molecule has 4 aromatic rings. The maximum Gasteiger partial charge on any atom is 0.264 e. The van der Waals surface area contributed by atoms with Gasteiger partial charge in [0, 0.05) is 37.9 Å². The number of hydrogen-bond donors (Lipinski definition) is 3. The van der Waals surface area contributed by atoms with Gasteiger partial charge in [0.15, 0.2) is 0 Å². The SMILES string of the molecule is O=C(NCc1ccc2ncc(N[C@H]3CC[C@H](N4CCOCC4)CC3)nc2c1)c1cccn([C@H](CO)c2ccccc2)c1=O. The summed E-state index contributed by atoms with van der Waals surface area (Å²) in [5.41, 5.74) is 2.73. The monoisotopic (exact) mass is 582 g/mol. The minimum absolute atomic E-state index is 0.0206. The highest BCUT2D eigenvalue weighted by atomic mass is 16.5. The Bertz CT molecular complexity index is 1600. The molecule has 43 heavy (non-hydrogen) atoms. The van der Waals surface area contributed by atoms with Crippen molar-refractivity contribution in [3.63, 3.8) is 0 Å². The fourth-order valence-electron chi connectivity index (χ4n) is 6.21. The van der Waals surface area contributed by atoms with Crippen molar-refractivity contribution in [3.05, 3.63) is 100 Å². The molecule has 1 atom stereocenters. The standard InChI is InChI=1S/C33H38N6O4/c40-22-30(24-5-2-1-3-6-24)39-14-4-7-27(33(39)42)32(41)35-20-23-8-13-28-29(19-23)37-31(21-34-28)36-25-9-11-26(12-10-25)38-15-17-43-18-16-38/h1-8,13-14,19,21,25-26,30,40H,9-12,15-18,20,22H2,(H,35,41)(H,36,37)/t25-,26-,30-/m1/s1. The Hall–Kier alpha value is -4.12. The molecule has 1 aliphatic carbocycles. The van der Waals surface area contributed by atoms with Crippen LogP contribution in [0.5, 0.6) is 0 Å². The highest BCUT2D eigenvalue weighted by Crippen LogP contribution is 2.26. The maximum absolute atomic E-state index is 13.2. The lowest BCUT2D eigenvalue weighted by Gasteiger charge is -2.39. The van der Waals surface area contributed by atoms with Gasteiger partial charge in [-0.25, -0.2) is 4.98 Å². The Morgan fingerprint density at radius 1 is 1.00 bits per heavy atom. The molecule has 0 unspecified atom stereocenters. The Morgan fingerprint density at radius 2 is 1.79 bits per heavy atom. The second-order valence-corrected chi connectivity index (χ2v) is 11.3. The van der Waals surface area contributed by atoms with Crippen molar-refractivity contribution in [2.75, 3.05) is 38.2 Å². The van der Waals surface area contributed by atoms with Gasteiger partial charge in [0.05, 0.1) is 43.1 Å². The summed E-state index contributed by atoms with van der Waals surface area (Å²) in [5.74, 6) is 0.281. The van der Waals surface area contributed by atoms with E-state index in [0.29, 0.717) is 12.1 Å². The molecule has 1 saturated heterocycles. The number of nitrogens with one attached hydrogen (secondary N) is 2. The number of morpholine rings is 1. The Kier molecular flexibility index (Phi) is 9.07. The first-order valence-electron chi connectivity index (χ1n) is 15.1. The van der Waals surface area contributed by atoms with Crippen LogP contribution in [0.25, 0.3) is 11.0 Å². The van der Waals surface area contributed by atoms with Gasteiger partial charge in [-0.15, -0.1) is 0 Å². The second kappa shape index (κ2) is 13.5. The molecule has 6 rings (SSSR count). The zero-order chi connectivity index (χ0) is 29.6. The van der Waals surface area contributed by atoms with Crippen molar-refractivity contribution >= 4 is 22.8 Å². The molecule has 1 amide bonds. The van der Waals surface area contributed by atoms with Gasteiger partial charge >= 0.3 is 0 Å². The van der Waals surface area contributed by atoms with Crippen LogP contribution in [-0.4, -0.2) is 75.4 Å². The van der Waals surface area contributed by atoms with Crippen LogP contribution >= 0.6 is 0 Å². The highest BCUT2D eigenvalue weighted by molar-refractivity contribution is 5.93. The van der Waals surface area contributed by atoms with Crippen LogP contribution in [0.15, 0.2) is 77.9 Å². The summed E-state index contributed by atoms with van der Waals surface area (Å²) in [6, 6.07) is 18.6. The summed E-state index contributed by atoms with van der Waals surface area (Å²) in [6.45, 7) is 3.70. The molecule has 2 aromatic carbocycles. The lowest BCUT2D eigenvalue weighted by molar-refractivity contribution is 0.00790. The van der Waals surface area contributed by atoms with Crippen molar-refractivity contribution in [2.24, 2.45) is 0 Å². The molecule has 10 heteroatoms. The average molecular weight is 583 g/mol. The Morgan fingerprint density at radius 3 is 2.56 bits per heavy atom. The van der Waals surface area contributed by atoms with Gasteiger partial charge in [0.1, 0.15) is 11.4 Å². The number of benzene rings is 2. The smallest absolute Gasteiger partial charge is 0.264 e. The van der Waals surface area contributed by atoms with Crippen molar-refractivity contribution in [2.45, 2.75) is 50.4 Å². The summed E-state index contributed by atoms with van der Waals surface area (Å²) in [4.78, 5) is 38.3. The maximum atomic E-state index is 13.2. The number of pyridine rings is 1. The fraction of sp³-hybridized carbons (Fsp3) is 0.394. The third-order valence-electron chi connectivity index (χ3n) is 8.58. The number of carbonyl (C=O) groups excluding carboxylic acids is 1. The van der Waals surface area contributed by atoms with Gasteiger partial charge in [0.25, 0.3) is 11.5 Å². The van der Waals surface area contributed by atoms with Crippen LogP contribution in [0, 0.1) is 0 Å². The molecule has 2 fully saturated rings. The van der Waals surface area contributed by atoms with Gasteiger partial charge in [-0.05, 0) is 61.1 Å². The van der Waals surface area contributed by atoms with E-state index in [9.17, 15) is 14.7 Å². The number of aliphatic hydroxyl groups is 1. The molecule has 3 heterocycles. The third-order valence-corrected chi connectivity index (χ3v) is 8.58. The molecule has 0 spiro atoms. The molecule has 2 aliphatic rings. The van der Waals surface area contributed by atoms with E-state index in [1.165, 1.54) is 23.5 Å². The first kappa shape index (κ1) is 29.0. The van der Waals surface area contributed by atoms with Crippen LogP contribution in [0.3, 0.4) is 0 Å². The lowest BCUT2D eigenvalue weighted by Crippen LogP contribution is -2.46. The Labute approximate surface area is 250 Å². The van der Waals surface area contributed by atoms with E-state index in [0.717, 1.165) is 67.1 Å². The number of fused-ring (bicyclic) bond motifs is 1. The van der Waals surface area contributed by atoms with E-state index in [2.05, 4.69) is 20.5 Å². The van der Waals surface area contributed by atoms with Crippen LogP contribution in [-0.2, 0) is 11.3 Å².